The molecule has 3 aromatic rings. The average molecular weight is 626 g/mol. The van der Waals surface area contributed by atoms with Crippen molar-refractivity contribution in [3.8, 4) is 34.1 Å². The van der Waals surface area contributed by atoms with E-state index in [1.807, 2.05) is 12.1 Å². The number of ether oxygens (including phenoxy) is 3. The van der Waals surface area contributed by atoms with Gasteiger partial charge in [-0.05, 0) is 56.5 Å². The maximum Gasteiger partial charge on any atom is 0.312 e. The van der Waals surface area contributed by atoms with Gasteiger partial charge in [0.25, 0.3) is 11.6 Å². The zero-order valence-electron chi connectivity index (χ0n) is 25.2. The monoisotopic (exact) mass is 625 g/mol. The predicted octanol–water partition coefficient (Wildman–Crippen LogP) is 5.68. The molecule has 0 bridgehead atoms. The molecule has 44 heavy (non-hydrogen) atoms. The van der Waals surface area contributed by atoms with Crippen molar-refractivity contribution < 1.29 is 36.5 Å². The molecule has 12 nitrogen and oxygen atoms in total. The quantitative estimate of drug-likeness (QED) is 0.170. The maximum atomic E-state index is 13.3. The van der Waals surface area contributed by atoms with Crippen molar-refractivity contribution >= 4 is 33.1 Å². The fraction of sp³-hybridized carbons (Fsp3) is 0.387. The summed E-state index contributed by atoms with van der Waals surface area (Å²) >= 11 is 0. The van der Waals surface area contributed by atoms with Gasteiger partial charge in [0, 0.05) is 30.3 Å². The van der Waals surface area contributed by atoms with Gasteiger partial charge >= 0.3 is 10.1 Å². The Bertz CT molecular complexity index is 1720. The van der Waals surface area contributed by atoms with Crippen LogP contribution in [0.15, 0.2) is 48.5 Å². The summed E-state index contributed by atoms with van der Waals surface area (Å²) < 4.78 is 48.4. The Balaban J connectivity index is 1.60. The SMILES string of the molecule is COc1ccc([N+](=O)[O-])cc1OCc1c(-c2ccc(OS(=O)(=O)C3CCCC3)cc2OC)ccc2c1N(C)C(=O)C(C)(C)N2. The van der Waals surface area contributed by atoms with Crippen LogP contribution in [0.3, 0.4) is 0 Å². The topological polar surface area (TPSA) is 147 Å². The van der Waals surface area contributed by atoms with Gasteiger partial charge < -0.3 is 28.6 Å². The minimum Gasteiger partial charge on any atom is -0.496 e. The number of hydrogen-bond donors (Lipinski definition) is 1. The van der Waals surface area contributed by atoms with Crippen LogP contribution >= 0.6 is 0 Å². The minimum atomic E-state index is -3.80. The molecule has 1 amide bonds. The Hall–Kier alpha value is -4.52. The van der Waals surface area contributed by atoms with Crippen molar-refractivity contribution in [2.45, 2.75) is 56.9 Å². The van der Waals surface area contributed by atoms with Crippen LogP contribution in [0.25, 0.3) is 11.1 Å². The molecule has 0 unspecified atom stereocenters. The van der Waals surface area contributed by atoms with Crippen LogP contribution < -0.4 is 28.6 Å². The number of amides is 1. The van der Waals surface area contributed by atoms with Crippen LogP contribution in [0, 0.1) is 10.1 Å². The Labute approximate surface area is 256 Å². The van der Waals surface area contributed by atoms with Crippen LogP contribution in [0.1, 0.15) is 45.1 Å². The highest BCUT2D eigenvalue weighted by Gasteiger charge is 2.39. The number of hydrogen-bond acceptors (Lipinski definition) is 10. The van der Waals surface area contributed by atoms with Gasteiger partial charge in [-0.15, -0.1) is 0 Å². The number of fused-ring (bicyclic) bond motifs is 1. The van der Waals surface area contributed by atoms with E-state index < -0.39 is 25.8 Å². The Morgan fingerprint density at radius 2 is 1.66 bits per heavy atom. The largest absolute Gasteiger partial charge is 0.496 e. The van der Waals surface area contributed by atoms with Crippen molar-refractivity contribution in [1.29, 1.82) is 0 Å². The normalized spacial score (nSPS) is 16.2. The highest BCUT2D eigenvalue weighted by molar-refractivity contribution is 7.87. The molecule has 1 N–H and O–H groups in total. The molecular formula is C31H35N3O9S. The van der Waals surface area contributed by atoms with E-state index in [-0.39, 0.29) is 29.7 Å². The van der Waals surface area contributed by atoms with E-state index in [0.717, 1.165) is 12.8 Å². The molecule has 3 aromatic carbocycles. The highest BCUT2D eigenvalue weighted by atomic mass is 32.2. The fourth-order valence-electron chi connectivity index (χ4n) is 5.80. The third kappa shape index (κ3) is 5.83. The molecule has 0 radical (unpaired) electrons. The molecule has 1 saturated carbocycles. The van der Waals surface area contributed by atoms with Crippen molar-refractivity contribution in [2.75, 3.05) is 31.5 Å². The molecule has 0 saturated heterocycles. The van der Waals surface area contributed by atoms with Crippen molar-refractivity contribution in [3.05, 3.63) is 64.2 Å². The van der Waals surface area contributed by atoms with E-state index in [4.69, 9.17) is 18.4 Å². The first-order valence-electron chi connectivity index (χ1n) is 14.2. The smallest absolute Gasteiger partial charge is 0.312 e. The second kappa shape index (κ2) is 11.9. The lowest BCUT2D eigenvalue weighted by atomic mass is 9.91. The molecule has 0 spiro atoms. The molecule has 0 aromatic heterocycles. The van der Waals surface area contributed by atoms with Gasteiger partial charge in [0.2, 0.25) is 0 Å². The summed E-state index contributed by atoms with van der Waals surface area (Å²) in [6.07, 6.45) is 2.85. The number of likely N-dealkylation sites (N-methyl/N-ethyl adjacent to an activating group) is 1. The number of nitro benzene ring substituents is 1. The first-order chi connectivity index (χ1) is 20.9. The van der Waals surface area contributed by atoms with E-state index >= 15 is 0 Å². The molecule has 13 heteroatoms. The van der Waals surface area contributed by atoms with Crippen LogP contribution in [-0.4, -0.2) is 51.3 Å². The summed E-state index contributed by atoms with van der Waals surface area (Å²) in [4.78, 5) is 25.8. The zero-order valence-corrected chi connectivity index (χ0v) is 26.0. The summed E-state index contributed by atoms with van der Waals surface area (Å²) in [7, 11) is 0.773. The second-order valence-corrected chi connectivity index (χ2v) is 13.1. The summed E-state index contributed by atoms with van der Waals surface area (Å²) in [6.45, 7) is 3.47. The van der Waals surface area contributed by atoms with Gasteiger partial charge in [-0.1, -0.05) is 18.9 Å². The standard InChI is InChI=1S/C31H35N3O9S/c1-31(2)30(35)33(3)29-24(18-42-28-16-19(34(36)37)10-15-26(28)40-4)22(13-14-25(29)32-31)23-12-11-20(17-27(23)41-5)43-44(38,39)21-8-6-7-9-21/h10-17,21,32H,6-9,18H2,1-5H3. The Morgan fingerprint density at radius 1 is 0.977 bits per heavy atom. The Kier molecular flexibility index (Phi) is 8.34. The number of benzene rings is 3. The second-order valence-electron chi connectivity index (χ2n) is 11.3. The fourth-order valence-corrected chi connectivity index (χ4v) is 7.22. The summed E-state index contributed by atoms with van der Waals surface area (Å²) in [5.41, 5.74) is 2.02. The molecule has 5 rings (SSSR count). The number of carbonyl (C=O) groups excluding carboxylic acids is 1. The van der Waals surface area contributed by atoms with Gasteiger partial charge in [-0.3, -0.25) is 14.9 Å². The lowest BCUT2D eigenvalue weighted by molar-refractivity contribution is -0.385. The third-order valence-corrected chi connectivity index (χ3v) is 9.73. The van der Waals surface area contributed by atoms with Gasteiger partial charge in [0.15, 0.2) is 11.5 Å². The number of nitro groups is 1. The lowest BCUT2D eigenvalue weighted by Crippen LogP contribution is -2.52. The summed E-state index contributed by atoms with van der Waals surface area (Å²) in [5.74, 6) is 0.746. The van der Waals surface area contributed by atoms with E-state index in [1.165, 1.54) is 38.5 Å². The summed E-state index contributed by atoms with van der Waals surface area (Å²) in [6, 6.07) is 12.5. The van der Waals surface area contributed by atoms with Crippen LogP contribution in [-0.2, 0) is 21.5 Å². The predicted molar refractivity (Wildman–Crippen MR) is 165 cm³/mol. The molecule has 2 aliphatic rings. The molecule has 1 aliphatic carbocycles. The number of carbonyl (C=O) groups is 1. The minimum absolute atomic E-state index is 0.104. The molecule has 1 aliphatic heterocycles. The number of methoxy groups -OCH3 is 2. The number of nitrogens with one attached hydrogen (secondary N) is 1. The summed E-state index contributed by atoms with van der Waals surface area (Å²) in [5, 5.41) is 14.2. The van der Waals surface area contributed by atoms with Crippen molar-refractivity contribution in [2.24, 2.45) is 0 Å². The highest BCUT2D eigenvalue weighted by Crippen LogP contribution is 2.45. The molecule has 1 heterocycles. The maximum absolute atomic E-state index is 13.3. The van der Waals surface area contributed by atoms with E-state index in [2.05, 4.69) is 5.32 Å². The first-order valence-corrected chi connectivity index (χ1v) is 15.6. The van der Waals surface area contributed by atoms with E-state index in [9.17, 15) is 23.3 Å². The van der Waals surface area contributed by atoms with Gasteiger partial charge in [0.05, 0.1) is 41.8 Å². The zero-order chi connectivity index (χ0) is 31.8. The number of rotatable bonds is 10. The number of anilines is 2. The van der Waals surface area contributed by atoms with Crippen LogP contribution in [0.4, 0.5) is 17.1 Å². The van der Waals surface area contributed by atoms with Crippen LogP contribution in [0.2, 0.25) is 0 Å². The first kappa shape index (κ1) is 30.9. The molecule has 0 atom stereocenters. The van der Waals surface area contributed by atoms with E-state index in [0.29, 0.717) is 52.4 Å². The van der Waals surface area contributed by atoms with Crippen LogP contribution in [0.5, 0.6) is 23.0 Å². The number of non-ortho nitro benzene ring substituents is 1. The van der Waals surface area contributed by atoms with Gasteiger partial charge in [-0.2, -0.15) is 8.42 Å². The Morgan fingerprint density at radius 3 is 2.32 bits per heavy atom. The lowest BCUT2D eigenvalue weighted by Gasteiger charge is -2.39. The van der Waals surface area contributed by atoms with Crippen molar-refractivity contribution in [1.82, 2.24) is 0 Å². The van der Waals surface area contributed by atoms with E-state index in [1.54, 1.807) is 37.9 Å². The molecule has 1 fully saturated rings. The average Bonchev–Trinajstić information content (AvgIpc) is 3.55. The van der Waals surface area contributed by atoms with Gasteiger partial charge in [0.1, 0.15) is 23.6 Å². The van der Waals surface area contributed by atoms with Gasteiger partial charge in [-0.25, -0.2) is 0 Å². The number of nitrogens with zero attached hydrogens (tertiary/aromatic N) is 2. The molecule has 234 valence electrons. The molecular weight excluding hydrogens is 590 g/mol. The van der Waals surface area contributed by atoms with Crippen molar-refractivity contribution in [3.63, 3.8) is 0 Å². The third-order valence-electron chi connectivity index (χ3n) is 8.02.